The number of nitrogens with zero attached hydrogens (tertiary/aromatic N) is 1. The molecule has 1 N–H and O–H groups in total. The highest BCUT2D eigenvalue weighted by Crippen LogP contribution is 2.32. The van der Waals surface area contributed by atoms with Crippen LogP contribution in [0.15, 0.2) is 5.10 Å². The minimum Gasteiger partial charge on any atom is -0.310 e. The van der Waals surface area contributed by atoms with Gasteiger partial charge >= 0.3 is 0 Å². The minimum absolute atomic E-state index is 0.880. The summed E-state index contributed by atoms with van der Waals surface area (Å²) in [7, 11) is 0. The molecule has 0 aromatic rings. The van der Waals surface area contributed by atoms with Crippen LogP contribution in [-0.2, 0) is 0 Å². The molecule has 2 nitrogen and oxygen atoms in total. The van der Waals surface area contributed by atoms with Crippen LogP contribution in [0.3, 0.4) is 0 Å². The summed E-state index contributed by atoms with van der Waals surface area (Å²) < 4.78 is 0. The van der Waals surface area contributed by atoms with E-state index in [0.717, 1.165) is 12.5 Å². The summed E-state index contributed by atoms with van der Waals surface area (Å²) in [5.74, 6) is 0.880. The molecule has 2 rings (SSSR count). The lowest BCUT2D eigenvalue weighted by Gasteiger charge is -1.87. The molecule has 2 aliphatic rings. The van der Waals surface area contributed by atoms with Crippen LogP contribution in [0.2, 0.25) is 0 Å². The van der Waals surface area contributed by atoms with Gasteiger partial charge in [-0.3, -0.25) is 0 Å². The van der Waals surface area contributed by atoms with E-state index in [-0.39, 0.29) is 0 Å². The molecule has 8 heavy (non-hydrogen) atoms. The Labute approximate surface area is 49.0 Å². The summed E-state index contributed by atoms with van der Waals surface area (Å²) in [4.78, 5) is 0. The summed E-state index contributed by atoms with van der Waals surface area (Å²) >= 11 is 0. The predicted octanol–water partition coefficient (Wildman–Crippen LogP) is 0.746. The van der Waals surface area contributed by atoms with Gasteiger partial charge in [0.15, 0.2) is 0 Å². The molecule has 1 aliphatic carbocycles. The molecular weight excluding hydrogens is 100 g/mol. The van der Waals surface area contributed by atoms with Gasteiger partial charge in [-0.25, -0.2) is 0 Å². The molecule has 1 saturated carbocycles. The van der Waals surface area contributed by atoms with Crippen LogP contribution in [0.1, 0.15) is 19.3 Å². The molecule has 0 unspecified atom stereocenters. The lowest BCUT2D eigenvalue weighted by molar-refractivity contribution is 0.813. The van der Waals surface area contributed by atoms with Crippen molar-refractivity contribution in [1.82, 2.24) is 5.43 Å². The Balaban J connectivity index is 2.02. The highest BCUT2D eigenvalue weighted by atomic mass is 15.3. The molecule has 0 spiro atoms. The second kappa shape index (κ2) is 1.47. The second-order valence-corrected chi connectivity index (χ2v) is 2.54. The van der Waals surface area contributed by atoms with Crippen molar-refractivity contribution in [3.63, 3.8) is 0 Å². The fourth-order valence-electron chi connectivity index (χ4n) is 1.11. The zero-order valence-electron chi connectivity index (χ0n) is 4.85. The fraction of sp³-hybridized carbons (Fsp3) is 0.833. The normalized spacial score (nSPS) is 27.2. The molecule has 0 radical (unpaired) electrons. The standard InChI is InChI=1S/C6H10N2/c1-2-5(1)6-3-4-7-8-6/h5,7H,1-4H2. The average molecular weight is 110 g/mol. The smallest absolute Gasteiger partial charge is 0.0427 e. The first-order chi connectivity index (χ1) is 3.97. The van der Waals surface area contributed by atoms with E-state index in [2.05, 4.69) is 10.5 Å². The summed E-state index contributed by atoms with van der Waals surface area (Å²) in [5, 5.41) is 4.16. The monoisotopic (exact) mass is 110 g/mol. The van der Waals surface area contributed by atoms with Crippen LogP contribution >= 0.6 is 0 Å². The zero-order chi connectivity index (χ0) is 5.40. The van der Waals surface area contributed by atoms with Gasteiger partial charge in [0, 0.05) is 18.7 Å². The van der Waals surface area contributed by atoms with Crippen LogP contribution in [0.4, 0.5) is 0 Å². The van der Waals surface area contributed by atoms with E-state index in [0.29, 0.717) is 0 Å². The molecule has 1 heterocycles. The Hall–Kier alpha value is -0.530. The molecule has 1 aliphatic heterocycles. The minimum atomic E-state index is 0.880. The summed E-state index contributed by atoms with van der Waals surface area (Å²) in [6, 6.07) is 0. The quantitative estimate of drug-likeness (QED) is 0.529. The summed E-state index contributed by atoms with van der Waals surface area (Å²) in [5.41, 5.74) is 4.40. The third-order valence-corrected chi connectivity index (χ3v) is 1.76. The Morgan fingerprint density at radius 2 is 2.38 bits per heavy atom. The topological polar surface area (TPSA) is 24.4 Å². The van der Waals surface area contributed by atoms with Crippen molar-refractivity contribution in [3.8, 4) is 0 Å². The second-order valence-electron chi connectivity index (χ2n) is 2.54. The molecular formula is C6H10N2. The van der Waals surface area contributed by atoms with Gasteiger partial charge in [0.05, 0.1) is 0 Å². The summed E-state index contributed by atoms with van der Waals surface area (Å²) in [6.45, 7) is 1.08. The molecule has 0 aromatic heterocycles. The van der Waals surface area contributed by atoms with E-state index in [1.165, 1.54) is 25.0 Å². The lowest BCUT2D eigenvalue weighted by Crippen LogP contribution is -1.97. The molecule has 0 saturated heterocycles. The van der Waals surface area contributed by atoms with Crippen molar-refractivity contribution in [1.29, 1.82) is 0 Å². The van der Waals surface area contributed by atoms with Gasteiger partial charge in [-0.05, 0) is 18.8 Å². The van der Waals surface area contributed by atoms with Crippen molar-refractivity contribution >= 4 is 5.71 Å². The van der Waals surface area contributed by atoms with Crippen LogP contribution < -0.4 is 5.43 Å². The fourth-order valence-corrected chi connectivity index (χ4v) is 1.11. The van der Waals surface area contributed by atoms with E-state index in [1.807, 2.05) is 0 Å². The highest BCUT2D eigenvalue weighted by molar-refractivity contribution is 5.89. The van der Waals surface area contributed by atoms with Crippen LogP contribution in [-0.4, -0.2) is 12.3 Å². The number of hydrazone groups is 1. The number of hydrogen-bond donors (Lipinski definition) is 1. The third-order valence-electron chi connectivity index (χ3n) is 1.76. The van der Waals surface area contributed by atoms with Gasteiger partial charge in [-0.1, -0.05) is 0 Å². The first-order valence-corrected chi connectivity index (χ1v) is 3.26. The Morgan fingerprint density at radius 3 is 2.88 bits per heavy atom. The van der Waals surface area contributed by atoms with E-state index >= 15 is 0 Å². The van der Waals surface area contributed by atoms with E-state index < -0.39 is 0 Å². The molecule has 0 bridgehead atoms. The first-order valence-electron chi connectivity index (χ1n) is 3.26. The van der Waals surface area contributed by atoms with Gasteiger partial charge < -0.3 is 5.43 Å². The number of hydrogen-bond acceptors (Lipinski definition) is 2. The van der Waals surface area contributed by atoms with Crippen LogP contribution in [0.25, 0.3) is 0 Å². The average Bonchev–Trinajstić information content (AvgIpc) is 2.49. The molecule has 1 fully saturated rings. The van der Waals surface area contributed by atoms with Gasteiger partial charge in [0.1, 0.15) is 0 Å². The molecule has 0 aromatic carbocycles. The number of rotatable bonds is 1. The molecule has 2 heteroatoms. The molecule has 0 atom stereocenters. The van der Waals surface area contributed by atoms with Crippen LogP contribution in [0.5, 0.6) is 0 Å². The van der Waals surface area contributed by atoms with Gasteiger partial charge in [0.2, 0.25) is 0 Å². The van der Waals surface area contributed by atoms with Crippen molar-refractivity contribution in [3.05, 3.63) is 0 Å². The maximum absolute atomic E-state index is 4.16. The largest absolute Gasteiger partial charge is 0.310 e. The summed E-state index contributed by atoms with van der Waals surface area (Å²) in [6.07, 6.45) is 3.98. The Kier molecular flexibility index (Phi) is 0.802. The van der Waals surface area contributed by atoms with Crippen molar-refractivity contribution in [2.45, 2.75) is 19.3 Å². The first kappa shape index (κ1) is 4.36. The predicted molar refractivity (Wildman–Crippen MR) is 32.8 cm³/mol. The Morgan fingerprint density at radius 1 is 1.50 bits per heavy atom. The van der Waals surface area contributed by atoms with Gasteiger partial charge in [-0.15, -0.1) is 0 Å². The van der Waals surface area contributed by atoms with Crippen molar-refractivity contribution < 1.29 is 0 Å². The maximum Gasteiger partial charge on any atom is 0.0427 e. The third kappa shape index (κ3) is 0.602. The van der Waals surface area contributed by atoms with Crippen molar-refractivity contribution in [2.24, 2.45) is 11.0 Å². The van der Waals surface area contributed by atoms with Crippen molar-refractivity contribution in [2.75, 3.05) is 6.54 Å². The highest BCUT2D eigenvalue weighted by Gasteiger charge is 2.28. The van der Waals surface area contributed by atoms with Gasteiger partial charge in [0.25, 0.3) is 0 Å². The Bertz CT molecular complexity index is 124. The molecule has 0 amide bonds. The van der Waals surface area contributed by atoms with E-state index in [9.17, 15) is 0 Å². The SMILES string of the molecule is C1CC(C2CC2)=NN1. The maximum atomic E-state index is 4.16. The zero-order valence-corrected chi connectivity index (χ0v) is 4.85. The van der Waals surface area contributed by atoms with E-state index in [1.54, 1.807) is 0 Å². The van der Waals surface area contributed by atoms with Gasteiger partial charge in [-0.2, -0.15) is 5.10 Å². The van der Waals surface area contributed by atoms with E-state index in [4.69, 9.17) is 0 Å². The molecule has 44 valence electrons. The van der Waals surface area contributed by atoms with Crippen LogP contribution in [0, 0.1) is 5.92 Å². The number of nitrogens with one attached hydrogen (secondary N) is 1. The lowest BCUT2D eigenvalue weighted by atomic mass is 10.2.